The van der Waals surface area contributed by atoms with E-state index in [4.69, 9.17) is 0 Å². The number of anilines is 3. The molecule has 1 aromatic heterocycles. The van der Waals surface area contributed by atoms with Gasteiger partial charge in [-0.2, -0.15) is 0 Å². The average Bonchev–Trinajstić information content (AvgIpc) is 2.38. The van der Waals surface area contributed by atoms with E-state index in [0.717, 1.165) is 0 Å². The first-order valence-electron chi connectivity index (χ1n) is 6.02. The fraction of sp³-hybridized carbons (Fsp3) is 0.231. The van der Waals surface area contributed by atoms with E-state index in [1.165, 1.54) is 24.3 Å². The fourth-order valence-corrected chi connectivity index (χ4v) is 1.65. The zero-order valence-corrected chi connectivity index (χ0v) is 11.3. The molecule has 5 nitrogen and oxygen atoms in total. The molecule has 112 valence electrons. The van der Waals surface area contributed by atoms with Gasteiger partial charge in [-0.1, -0.05) is 0 Å². The molecule has 2 N–H and O–H groups in total. The summed E-state index contributed by atoms with van der Waals surface area (Å²) in [4.78, 5) is 8.33. The lowest BCUT2D eigenvalue weighted by atomic mass is 10.3. The molecule has 1 aromatic carbocycles. The van der Waals surface area contributed by atoms with E-state index in [9.17, 15) is 13.2 Å². The van der Waals surface area contributed by atoms with Crippen LogP contribution in [0.25, 0.3) is 0 Å². The van der Waals surface area contributed by atoms with Gasteiger partial charge in [-0.3, -0.25) is 0 Å². The Balaban J connectivity index is 2.11. The molecule has 0 atom stereocenters. The zero-order valence-electron chi connectivity index (χ0n) is 11.3. The first kappa shape index (κ1) is 14.9. The molecule has 2 rings (SSSR count). The second-order valence-electron chi connectivity index (χ2n) is 4.13. The van der Waals surface area contributed by atoms with E-state index in [0.29, 0.717) is 23.1 Å². The fourth-order valence-electron chi connectivity index (χ4n) is 1.65. The standard InChI is InChI=1S/C13H13F3N4O/c1-8-18-11(17-2)7-12(19-8)20-9-3-5-10(6-4-9)21-13(14,15)16/h3-7H,1-2H3,(H2,17,18,19,20). The van der Waals surface area contributed by atoms with Gasteiger partial charge >= 0.3 is 6.36 Å². The second kappa shape index (κ2) is 5.86. The van der Waals surface area contributed by atoms with Crippen molar-refractivity contribution < 1.29 is 17.9 Å². The predicted octanol–water partition coefficient (Wildman–Crippen LogP) is 3.47. The highest BCUT2D eigenvalue weighted by atomic mass is 19.4. The Bertz CT molecular complexity index is 614. The average molecular weight is 298 g/mol. The van der Waals surface area contributed by atoms with E-state index in [-0.39, 0.29) is 5.75 Å². The minimum absolute atomic E-state index is 0.275. The summed E-state index contributed by atoms with van der Waals surface area (Å²) < 4.78 is 40.0. The minimum atomic E-state index is -4.69. The summed E-state index contributed by atoms with van der Waals surface area (Å²) >= 11 is 0. The number of ether oxygens (including phenoxy) is 1. The van der Waals surface area contributed by atoms with E-state index in [1.807, 2.05) is 0 Å². The topological polar surface area (TPSA) is 59.1 Å². The number of hydrogen-bond acceptors (Lipinski definition) is 5. The van der Waals surface area contributed by atoms with Gasteiger partial charge in [-0.25, -0.2) is 9.97 Å². The molecule has 1 heterocycles. The van der Waals surface area contributed by atoms with Crippen molar-refractivity contribution in [3.63, 3.8) is 0 Å². The molecule has 0 aliphatic rings. The molecule has 8 heteroatoms. The number of nitrogens with one attached hydrogen (secondary N) is 2. The van der Waals surface area contributed by atoms with Crippen LogP contribution in [0.3, 0.4) is 0 Å². The van der Waals surface area contributed by atoms with Crippen molar-refractivity contribution in [3.05, 3.63) is 36.2 Å². The molecule has 0 amide bonds. The summed E-state index contributed by atoms with van der Waals surface area (Å²) in [6, 6.07) is 7.08. The van der Waals surface area contributed by atoms with E-state index in [2.05, 4.69) is 25.3 Å². The highest BCUT2D eigenvalue weighted by molar-refractivity contribution is 5.59. The second-order valence-corrected chi connectivity index (χ2v) is 4.13. The molecule has 0 bridgehead atoms. The summed E-state index contributed by atoms with van der Waals surface area (Å²) in [6.07, 6.45) is -4.69. The Labute approximate surface area is 119 Å². The van der Waals surface area contributed by atoms with Crippen molar-refractivity contribution in [2.45, 2.75) is 13.3 Å². The van der Waals surface area contributed by atoms with Gasteiger partial charge in [0.1, 0.15) is 23.2 Å². The van der Waals surface area contributed by atoms with Gasteiger partial charge < -0.3 is 15.4 Å². The maximum atomic E-state index is 12.1. The van der Waals surface area contributed by atoms with Gasteiger partial charge in [0.15, 0.2) is 0 Å². The molecule has 0 aliphatic heterocycles. The Hall–Kier alpha value is -2.51. The molecule has 2 aromatic rings. The Kier molecular flexibility index (Phi) is 4.15. The first-order valence-corrected chi connectivity index (χ1v) is 6.02. The maximum Gasteiger partial charge on any atom is 0.573 e. The van der Waals surface area contributed by atoms with Gasteiger partial charge in [-0.15, -0.1) is 13.2 Å². The van der Waals surface area contributed by atoms with E-state index in [1.54, 1.807) is 20.0 Å². The van der Waals surface area contributed by atoms with Crippen LogP contribution in [-0.2, 0) is 0 Å². The summed E-state index contributed by atoms with van der Waals surface area (Å²) in [7, 11) is 1.73. The summed E-state index contributed by atoms with van der Waals surface area (Å²) in [5, 5.41) is 5.87. The Morgan fingerprint density at radius 3 is 2.24 bits per heavy atom. The normalized spacial score (nSPS) is 11.1. The monoisotopic (exact) mass is 298 g/mol. The van der Waals surface area contributed by atoms with Crippen LogP contribution in [0, 0.1) is 6.92 Å². The van der Waals surface area contributed by atoms with Gasteiger partial charge in [0.25, 0.3) is 0 Å². The smallest absolute Gasteiger partial charge is 0.406 e. The Morgan fingerprint density at radius 1 is 1.05 bits per heavy atom. The lowest BCUT2D eigenvalue weighted by Crippen LogP contribution is -2.16. The van der Waals surface area contributed by atoms with Gasteiger partial charge in [0.2, 0.25) is 0 Å². The van der Waals surface area contributed by atoms with Gasteiger partial charge in [-0.05, 0) is 31.2 Å². The van der Waals surface area contributed by atoms with Crippen molar-refractivity contribution in [3.8, 4) is 5.75 Å². The van der Waals surface area contributed by atoms with Crippen LogP contribution in [0.4, 0.5) is 30.5 Å². The van der Waals surface area contributed by atoms with Crippen molar-refractivity contribution in [1.82, 2.24) is 9.97 Å². The molecule has 0 saturated heterocycles. The lowest BCUT2D eigenvalue weighted by molar-refractivity contribution is -0.274. The molecule has 21 heavy (non-hydrogen) atoms. The highest BCUT2D eigenvalue weighted by Crippen LogP contribution is 2.25. The van der Waals surface area contributed by atoms with E-state index < -0.39 is 6.36 Å². The third-order valence-electron chi connectivity index (χ3n) is 2.45. The molecule has 0 unspecified atom stereocenters. The van der Waals surface area contributed by atoms with Gasteiger partial charge in [0, 0.05) is 18.8 Å². The van der Waals surface area contributed by atoms with Crippen LogP contribution in [0.15, 0.2) is 30.3 Å². The highest BCUT2D eigenvalue weighted by Gasteiger charge is 2.30. The predicted molar refractivity (Wildman–Crippen MR) is 72.7 cm³/mol. The Morgan fingerprint density at radius 2 is 1.67 bits per heavy atom. The lowest BCUT2D eigenvalue weighted by Gasteiger charge is -2.11. The minimum Gasteiger partial charge on any atom is -0.406 e. The number of hydrogen-bond donors (Lipinski definition) is 2. The summed E-state index contributed by atoms with van der Waals surface area (Å²) in [5.74, 6) is 1.47. The SMILES string of the molecule is CNc1cc(Nc2ccc(OC(F)(F)F)cc2)nc(C)n1. The molecule has 0 saturated carbocycles. The quantitative estimate of drug-likeness (QED) is 0.905. The molecule has 0 radical (unpaired) electrons. The summed E-state index contributed by atoms with van der Waals surface area (Å²) in [6.45, 7) is 1.74. The van der Waals surface area contributed by atoms with Crippen molar-refractivity contribution in [2.75, 3.05) is 17.7 Å². The molecule has 0 fully saturated rings. The zero-order chi connectivity index (χ0) is 15.5. The first-order chi connectivity index (χ1) is 9.85. The van der Waals surface area contributed by atoms with Crippen molar-refractivity contribution >= 4 is 17.3 Å². The van der Waals surface area contributed by atoms with Crippen molar-refractivity contribution in [2.24, 2.45) is 0 Å². The number of aryl methyl sites for hydroxylation is 1. The number of alkyl halides is 3. The van der Waals surface area contributed by atoms with Crippen LogP contribution in [0.5, 0.6) is 5.75 Å². The van der Waals surface area contributed by atoms with Crippen LogP contribution in [0.2, 0.25) is 0 Å². The van der Waals surface area contributed by atoms with Crippen LogP contribution >= 0.6 is 0 Å². The van der Waals surface area contributed by atoms with Crippen LogP contribution < -0.4 is 15.4 Å². The van der Waals surface area contributed by atoms with Gasteiger partial charge in [0.05, 0.1) is 0 Å². The third-order valence-corrected chi connectivity index (χ3v) is 2.45. The summed E-state index contributed by atoms with van der Waals surface area (Å²) in [5.41, 5.74) is 0.588. The number of nitrogens with zero attached hydrogens (tertiary/aromatic N) is 2. The number of aromatic nitrogens is 2. The molecular weight excluding hydrogens is 285 g/mol. The maximum absolute atomic E-state index is 12.1. The van der Waals surface area contributed by atoms with E-state index >= 15 is 0 Å². The van der Waals surface area contributed by atoms with Crippen molar-refractivity contribution in [1.29, 1.82) is 0 Å². The molecule has 0 spiro atoms. The molecule has 0 aliphatic carbocycles. The number of halogens is 3. The van der Waals surface area contributed by atoms with Crippen LogP contribution in [-0.4, -0.2) is 23.4 Å². The molecular formula is C13H13F3N4O. The van der Waals surface area contributed by atoms with Crippen LogP contribution in [0.1, 0.15) is 5.82 Å². The largest absolute Gasteiger partial charge is 0.573 e. The number of benzene rings is 1. The third kappa shape index (κ3) is 4.51. The number of rotatable bonds is 4.